The standard InChI is InChI=1S/C17H17NOS/c1-11-6-7-15(19-2)14(10-11)16(18)13-5-3-4-12-8-9-20-17(12)13/h3-10,16H,18H2,1-2H3. The minimum atomic E-state index is -0.174. The highest BCUT2D eigenvalue weighted by atomic mass is 32.1. The normalized spacial score (nSPS) is 12.6. The molecule has 0 radical (unpaired) electrons. The second-order valence-corrected chi connectivity index (χ2v) is 5.83. The Hall–Kier alpha value is -1.84. The maximum atomic E-state index is 6.51. The molecule has 102 valence electrons. The van der Waals surface area contributed by atoms with Gasteiger partial charge in [-0.15, -0.1) is 11.3 Å². The van der Waals surface area contributed by atoms with Gasteiger partial charge in [0.2, 0.25) is 0 Å². The van der Waals surface area contributed by atoms with Crippen molar-refractivity contribution in [1.82, 2.24) is 0 Å². The monoisotopic (exact) mass is 283 g/mol. The van der Waals surface area contributed by atoms with Gasteiger partial charge in [0, 0.05) is 10.3 Å². The molecule has 1 atom stereocenters. The van der Waals surface area contributed by atoms with Gasteiger partial charge in [0.15, 0.2) is 0 Å². The van der Waals surface area contributed by atoms with Crippen LogP contribution in [0.4, 0.5) is 0 Å². The van der Waals surface area contributed by atoms with E-state index in [0.29, 0.717) is 0 Å². The van der Waals surface area contributed by atoms with Crippen molar-refractivity contribution in [2.24, 2.45) is 5.73 Å². The fourth-order valence-corrected chi connectivity index (χ4v) is 3.48. The van der Waals surface area contributed by atoms with E-state index >= 15 is 0 Å². The van der Waals surface area contributed by atoms with Gasteiger partial charge in [-0.2, -0.15) is 0 Å². The van der Waals surface area contributed by atoms with Gasteiger partial charge in [0.1, 0.15) is 5.75 Å². The number of methoxy groups -OCH3 is 1. The first-order valence-corrected chi connectivity index (χ1v) is 7.45. The van der Waals surface area contributed by atoms with Crippen LogP contribution < -0.4 is 10.5 Å². The van der Waals surface area contributed by atoms with E-state index in [2.05, 4.69) is 42.6 Å². The molecule has 0 saturated heterocycles. The molecular formula is C17H17NOS. The summed E-state index contributed by atoms with van der Waals surface area (Å²) in [5.41, 5.74) is 9.89. The van der Waals surface area contributed by atoms with Crippen LogP contribution >= 0.6 is 11.3 Å². The summed E-state index contributed by atoms with van der Waals surface area (Å²) in [5.74, 6) is 0.844. The zero-order valence-corrected chi connectivity index (χ0v) is 12.4. The minimum absolute atomic E-state index is 0.174. The first-order chi connectivity index (χ1) is 9.70. The SMILES string of the molecule is COc1ccc(C)cc1C(N)c1cccc2ccsc12. The van der Waals surface area contributed by atoms with Crippen LogP contribution in [0.1, 0.15) is 22.7 Å². The fourth-order valence-electron chi connectivity index (χ4n) is 2.53. The third kappa shape index (κ3) is 2.19. The minimum Gasteiger partial charge on any atom is -0.496 e. The van der Waals surface area contributed by atoms with Crippen molar-refractivity contribution < 1.29 is 4.74 Å². The molecule has 0 amide bonds. The van der Waals surface area contributed by atoms with Gasteiger partial charge >= 0.3 is 0 Å². The van der Waals surface area contributed by atoms with Gasteiger partial charge < -0.3 is 10.5 Å². The fraction of sp³-hybridized carbons (Fsp3) is 0.176. The smallest absolute Gasteiger partial charge is 0.123 e. The number of rotatable bonds is 3. The van der Waals surface area contributed by atoms with Crippen LogP contribution in [0.5, 0.6) is 5.75 Å². The summed E-state index contributed by atoms with van der Waals surface area (Å²) in [6, 6.07) is 14.4. The van der Waals surface area contributed by atoms with Gasteiger partial charge in [-0.05, 0) is 35.4 Å². The predicted molar refractivity (Wildman–Crippen MR) is 85.6 cm³/mol. The largest absolute Gasteiger partial charge is 0.496 e. The van der Waals surface area contributed by atoms with E-state index in [0.717, 1.165) is 16.9 Å². The number of hydrogen-bond donors (Lipinski definition) is 1. The molecule has 1 heterocycles. The van der Waals surface area contributed by atoms with Gasteiger partial charge in [0.25, 0.3) is 0 Å². The molecule has 1 aromatic heterocycles. The zero-order chi connectivity index (χ0) is 14.1. The molecule has 0 spiro atoms. The molecule has 0 fully saturated rings. The number of hydrogen-bond acceptors (Lipinski definition) is 3. The van der Waals surface area contributed by atoms with Gasteiger partial charge in [-0.25, -0.2) is 0 Å². The number of fused-ring (bicyclic) bond motifs is 1. The molecule has 0 aliphatic rings. The zero-order valence-electron chi connectivity index (χ0n) is 11.6. The summed E-state index contributed by atoms with van der Waals surface area (Å²) in [4.78, 5) is 0. The Morgan fingerprint density at radius 3 is 2.75 bits per heavy atom. The van der Waals surface area contributed by atoms with E-state index < -0.39 is 0 Å². The average molecular weight is 283 g/mol. The highest BCUT2D eigenvalue weighted by Gasteiger charge is 2.17. The Labute approximate surface area is 122 Å². The number of ether oxygens (including phenoxy) is 1. The molecule has 3 rings (SSSR count). The lowest BCUT2D eigenvalue weighted by atomic mass is 9.96. The molecule has 1 unspecified atom stereocenters. The van der Waals surface area contributed by atoms with Crippen molar-refractivity contribution in [3.05, 3.63) is 64.5 Å². The second kappa shape index (κ2) is 5.27. The van der Waals surface area contributed by atoms with E-state index in [1.54, 1.807) is 18.4 Å². The summed E-state index contributed by atoms with van der Waals surface area (Å²) in [6.07, 6.45) is 0. The van der Waals surface area contributed by atoms with Gasteiger partial charge in [0.05, 0.1) is 13.2 Å². The summed E-state index contributed by atoms with van der Waals surface area (Å²) in [7, 11) is 1.69. The first-order valence-electron chi connectivity index (χ1n) is 6.57. The molecule has 2 nitrogen and oxygen atoms in total. The molecule has 3 aromatic rings. The van der Waals surface area contributed by atoms with Crippen LogP contribution in [-0.2, 0) is 0 Å². The van der Waals surface area contributed by atoms with E-state index in [4.69, 9.17) is 10.5 Å². The van der Waals surface area contributed by atoms with Crippen molar-refractivity contribution in [3.8, 4) is 5.75 Å². The third-order valence-electron chi connectivity index (χ3n) is 3.56. The second-order valence-electron chi connectivity index (χ2n) is 4.91. The molecule has 0 saturated carbocycles. The van der Waals surface area contributed by atoms with Crippen LogP contribution in [0.25, 0.3) is 10.1 Å². The lowest BCUT2D eigenvalue weighted by molar-refractivity contribution is 0.408. The number of nitrogens with two attached hydrogens (primary N) is 1. The molecule has 2 N–H and O–H groups in total. The van der Waals surface area contributed by atoms with Crippen molar-refractivity contribution in [3.63, 3.8) is 0 Å². The van der Waals surface area contributed by atoms with E-state index in [1.165, 1.54) is 15.6 Å². The lowest BCUT2D eigenvalue weighted by Crippen LogP contribution is -2.13. The Bertz CT molecular complexity index is 748. The summed E-state index contributed by atoms with van der Waals surface area (Å²) in [6.45, 7) is 2.07. The number of benzene rings is 2. The molecular weight excluding hydrogens is 266 g/mol. The Balaban J connectivity index is 2.15. The van der Waals surface area contributed by atoms with Crippen molar-refractivity contribution in [2.45, 2.75) is 13.0 Å². The molecule has 0 aliphatic heterocycles. The maximum Gasteiger partial charge on any atom is 0.123 e. The molecule has 0 aliphatic carbocycles. The summed E-state index contributed by atoms with van der Waals surface area (Å²) >= 11 is 1.73. The average Bonchev–Trinajstić information content (AvgIpc) is 2.94. The molecule has 20 heavy (non-hydrogen) atoms. The molecule has 3 heteroatoms. The number of aryl methyl sites for hydroxylation is 1. The topological polar surface area (TPSA) is 35.2 Å². The van der Waals surface area contributed by atoms with Crippen molar-refractivity contribution in [2.75, 3.05) is 7.11 Å². The first kappa shape index (κ1) is 13.2. The van der Waals surface area contributed by atoms with Crippen LogP contribution in [0.15, 0.2) is 47.8 Å². The van der Waals surface area contributed by atoms with Crippen molar-refractivity contribution in [1.29, 1.82) is 0 Å². The van der Waals surface area contributed by atoms with E-state index in [-0.39, 0.29) is 6.04 Å². The third-order valence-corrected chi connectivity index (χ3v) is 4.54. The summed E-state index contributed by atoms with van der Waals surface area (Å²) < 4.78 is 6.71. The predicted octanol–water partition coefficient (Wildman–Crippen LogP) is 4.27. The van der Waals surface area contributed by atoms with Crippen LogP contribution in [0.3, 0.4) is 0 Å². The van der Waals surface area contributed by atoms with E-state index in [9.17, 15) is 0 Å². The van der Waals surface area contributed by atoms with Crippen LogP contribution in [0.2, 0.25) is 0 Å². The quantitative estimate of drug-likeness (QED) is 0.779. The van der Waals surface area contributed by atoms with Crippen LogP contribution in [0, 0.1) is 6.92 Å². The Morgan fingerprint density at radius 1 is 1.10 bits per heavy atom. The summed E-state index contributed by atoms with van der Waals surface area (Å²) in [5, 5.41) is 3.35. The molecule has 2 aromatic carbocycles. The Morgan fingerprint density at radius 2 is 1.95 bits per heavy atom. The Kier molecular flexibility index (Phi) is 3.47. The number of thiophene rings is 1. The maximum absolute atomic E-state index is 6.51. The lowest BCUT2D eigenvalue weighted by Gasteiger charge is -2.17. The van der Waals surface area contributed by atoms with Crippen LogP contribution in [-0.4, -0.2) is 7.11 Å². The highest BCUT2D eigenvalue weighted by molar-refractivity contribution is 7.17. The van der Waals surface area contributed by atoms with Crippen molar-refractivity contribution >= 4 is 21.4 Å². The molecule has 0 bridgehead atoms. The van der Waals surface area contributed by atoms with Gasteiger partial charge in [-0.3, -0.25) is 0 Å². The highest BCUT2D eigenvalue weighted by Crippen LogP contribution is 2.34. The van der Waals surface area contributed by atoms with Gasteiger partial charge in [-0.1, -0.05) is 35.9 Å². The van der Waals surface area contributed by atoms with E-state index in [1.807, 2.05) is 12.1 Å².